The average molecular weight is 366 g/mol. The Balaban J connectivity index is 1.61. The second kappa shape index (κ2) is 9.15. The monoisotopic (exact) mass is 365 g/mol. The lowest BCUT2D eigenvalue weighted by Gasteiger charge is -2.36. The Morgan fingerprint density at radius 3 is 2.48 bits per heavy atom. The third kappa shape index (κ3) is 4.63. The van der Waals surface area contributed by atoms with Crippen molar-refractivity contribution in [2.24, 2.45) is 5.92 Å². The van der Waals surface area contributed by atoms with Gasteiger partial charge in [0.2, 0.25) is 0 Å². The van der Waals surface area contributed by atoms with Crippen molar-refractivity contribution in [2.45, 2.75) is 63.4 Å². The number of rotatable bonds is 6. The Hall–Kier alpha value is -0.910. The summed E-state index contributed by atoms with van der Waals surface area (Å²) in [6, 6.07) is 1.87. The van der Waals surface area contributed by atoms with Crippen LogP contribution in [0.4, 0.5) is 0 Å². The highest BCUT2D eigenvalue weighted by molar-refractivity contribution is 7.08. The van der Waals surface area contributed by atoms with E-state index in [0.717, 1.165) is 45.3 Å². The van der Waals surface area contributed by atoms with E-state index in [1.54, 1.807) is 0 Å². The summed E-state index contributed by atoms with van der Waals surface area (Å²) in [5.41, 5.74) is -0.761. The van der Waals surface area contributed by atoms with Gasteiger partial charge in [-0.25, -0.2) is 4.79 Å². The molecule has 1 saturated heterocycles. The smallest absolute Gasteiger partial charge is 0.343 e. The summed E-state index contributed by atoms with van der Waals surface area (Å²) in [6.45, 7) is 3.33. The average Bonchev–Trinajstić information content (AvgIpc) is 3.07. The summed E-state index contributed by atoms with van der Waals surface area (Å²) in [7, 11) is 0. The Morgan fingerprint density at radius 2 is 1.84 bits per heavy atom. The SMILES string of the molecule is O=C(OCCN1CCCCCC1)[C@@](O)(c1ccsc1)C1CCCCC1. The van der Waals surface area contributed by atoms with Crippen molar-refractivity contribution >= 4 is 17.3 Å². The maximum absolute atomic E-state index is 12.9. The fourth-order valence-corrected chi connectivity index (χ4v) is 4.97. The minimum Gasteiger partial charge on any atom is -0.462 e. The summed E-state index contributed by atoms with van der Waals surface area (Å²) < 4.78 is 5.60. The Labute approximate surface area is 155 Å². The molecule has 1 aromatic heterocycles. The molecule has 0 spiro atoms. The molecule has 5 heteroatoms. The molecule has 4 nitrogen and oxygen atoms in total. The summed E-state index contributed by atoms with van der Waals surface area (Å²) >= 11 is 1.52. The van der Waals surface area contributed by atoms with Crippen LogP contribution in [0.2, 0.25) is 0 Å². The molecule has 2 fully saturated rings. The molecule has 1 aromatic rings. The number of thiophene rings is 1. The van der Waals surface area contributed by atoms with E-state index in [1.165, 1.54) is 43.4 Å². The van der Waals surface area contributed by atoms with Crippen LogP contribution < -0.4 is 0 Å². The zero-order valence-corrected chi connectivity index (χ0v) is 15.9. The van der Waals surface area contributed by atoms with Gasteiger partial charge in [0.05, 0.1) is 0 Å². The standard InChI is InChI=1S/C20H31NO3S/c22-19(24-14-13-21-11-6-1-2-7-12-21)20(23,18-10-15-25-16-18)17-8-4-3-5-9-17/h10,15-17,23H,1-9,11-14H2/t20-/m0/s1. The molecule has 2 aliphatic rings. The number of nitrogens with zero attached hydrogens (tertiary/aromatic N) is 1. The Morgan fingerprint density at radius 1 is 1.16 bits per heavy atom. The van der Waals surface area contributed by atoms with E-state index in [1.807, 2.05) is 16.8 Å². The number of likely N-dealkylation sites (tertiary alicyclic amines) is 1. The van der Waals surface area contributed by atoms with Crippen LogP contribution in [0.3, 0.4) is 0 Å². The first-order valence-corrected chi connectivity index (χ1v) is 10.8. The lowest BCUT2D eigenvalue weighted by Crippen LogP contribution is -2.45. The summed E-state index contributed by atoms with van der Waals surface area (Å²) in [5.74, 6) is -0.478. The molecule has 1 N–H and O–H groups in total. The highest BCUT2D eigenvalue weighted by Gasteiger charge is 2.47. The van der Waals surface area contributed by atoms with E-state index in [4.69, 9.17) is 4.74 Å². The van der Waals surface area contributed by atoms with Crippen molar-refractivity contribution in [3.63, 3.8) is 0 Å². The van der Waals surface area contributed by atoms with Crippen LogP contribution in [-0.4, -0.2) is 42.2 Å². The van der Waals surface area contributed by atoms with Gasteiger partial charge in [0.1, 0.15) is 6.61 Å². The minimum atomic E-state index is -1.47. The lowest BCUT2D eigenvalue weighted by atomic mass is 9.74. The van der Waals surface area contributed by atoms with Gasteiger partial charge in [-0.1, -0.05) is 32.1 Å². The molecule has 1 aliphatic heterocycles. The molecule has 140 valence electrons. The maximum Gasteiger partial charge on any atom is 0.343 e. The van der Waals surface area contributed by atoms with Crippen LogP contribution in [0, 0.1) is 5.92 Å². The number of ether oxygens (including phenoxy) is 1. The zero-order valence-electron chi connectivity index (χ0n) is 15.1. The largest absolute Gasteiger partial charge is 0.462 e. The second-order valence-corrected chi connectivity index (χ2v) is 8.29. The second-order valence-electron chi connectivity index (χ2n) is 7.51. The highest BCUT2D eigenvalue weighted by atomic mass is 32.1. The lowest BCUT2D eigenvalue weighted by molar-refractivity contribution is -0.176. The van der Waals surface area contributed by atoms with E-state index >= 15 is 0 Å². The number of carbonyl (C=O) groups excluding carboxylic acids is 1. The number of esters is 1. The predicted octanol–water partition coefficient (Wildman–Crippen LogP) is 3.94. The predicted molar refractivity (Wildman–Crippen MR) is 101 cm³/mol. The molecular weight excluding hydrogens is 334 g/mol. The topological polar surface area (TPSA) is 49.8 Å². The number of aliphatic hydroxyl groups is 1. The molecule has 0 aromatic carbocycles. The maximum atomic E-state index is 12.9. The van der Waals surface area contributed by atoms with Gasteiger partial charge in [-0.15, -0.1) is 0 Å². The van der Waals surface area contributed by atoms with Crippen LogP contribution in [-0.2, 0) is 15.1 Å². The van der Waals surface area contributed by atoms with Gasteiger partial charge in [0.25, 0.3) is 0 Å². The third-order valence-corrected chi connectivity index (χ3v) is 6.49. The number of hydrogen-bond donors (Lipinski definition) is 1. The van der Waals surface area contributed by atoms with Crippen molar-refractivity contribution in [2.75, 3.05) is 26.2 Å². The quantitative estimate of drug-likeness (QED) is 0.776. The summed E-state index contributed by atoms with van der Waals surface area (Å²) in [6.07, 6.45) is 10.2. The van der Waals surface area contributed by atoms with Crippen molar-refractivity contribution in [1.82, 2.24) is 4.90 Å². The first-order chi connectivity index (χ1) is 12.2. The van der Waals surface area contributed by atoms with Gasteiger partial charge in [-0.2, -0.15) is 11.3 Å². The first kappa shape index (κ1) is 18.9. The van der Waals surface area contributed by atoms with Crippen LogP contribution in [0.25, 0.3) is 0 Å². The Bertz CT molecular complexity index is 519. The Kier molecular flexibility index (Phi) is 6.91. The highest BCUT2D eigenvalue weighted by Crippen LogP contribution is 2.41. The molecular formula is C20H31NO3S. The van der Waals surface area contributed by atoms with Gasteiger partial charge in [0, 0.05) is 18.0 Å². The van der Waals surface area contributed by atoms with Crippen molar-refractivity contribution in [1.29, 1.82) is 0 Å². The van der Waals surface area contributed by atoms with Crippen molar-refractivity contribution < 1.29 is 14.6 Å². The fraction of sp³-hybridized carbons (Fsp3) is 0.750. The third-order valence-electron chi connectivity index (χ3n) is 5.81. The van der Waals surface area contributed by atoms with Gasteiger partial charge in [-0.3, -0.25) is 4.90 Å². The van der Waals surface area contributed by atoms with Crippen LogP contribution in [0.1, 0.15) is 63.4 Å². The molecule has 1 aliphatic carbocycles. The van der Waals surface area contributed by atoms with Crippen molar-refractivity contribution in [3.05, 3.63) is 22.4 Å². The van der Waals surface area contributed by atoms with E-state index in [0.29, 0.717) is 12.2 Å². The van der Waals surface area contributed by atoms with Crippen LogP contribution in [0.5, 0.6) is 0 Å². The molecule has 2 heterocycles. The van der Waals surface area contributed by atoms with E-state index in [-0.39, 0.29) is 5.92 Å². The van der Waals surface area contributed by atoms with E-state index < -0.39 is 11.6 Å². The normalized spacial score (nSPS) is 22.9. The molecule has 0 radical (unpaired) electrons. The number of carbonyl (C=O) groups is 1. The first-order valence-electron chi connectivity index (χ1n) is 9.86. The molecule has 0 bridgehead atoms. The van der Waals surface area contributed by atoms with Gasteiger partial charge >= 0.3 is 5.97 Å². The van der Waals surface area contributed by atoms with Gasteiger partial charge in [0.15, 0.2) is 5.60 Å². The van der Waals surface area contributed by atoms with Gasteiger partial charge in [-0.05, 0) is 55.6 Å². The van der Waals surface area contributed by atoms with Crippen LogP contribution >= 0.6 is 11.3 Å². The number of hydrogen-bond acceptors (Lipinski definition) is 5. The molecule has 1 atom stereocenters. The summed E-state index contributed by atoms with van der Waals surface area (Å²) in [5, 5.41) is 15.2. The van der Waals surface area contributed by atoms with E-state index in [9.17, 15) is 9.90 Å². The van der Waals surface area contributed by atoms with Gasteiger partial charge < -0.3 is 9.84 Å². The molecule has 0 unspecified atom stereocenters. The van der Waals surface area contributed by atoms with Crippen molar-refractivity contribution in [3.8, 4) is 0 Å². The van der Waals surface area contributed by atoms with E-state index in [2.05, 4.69) is 4.90 Å². The molecule has 25 heavy (non-hydrogen) atoms. The minimum absolute atomic E-state index is 0.0264. The fourth-order valence-electron chi connectivity index (χ4n) is 4.26. The summed E-state index contributed by atoms with van der Waals surface area (Å²) in [4.78, 5) is 15.3. The molecule has 0 amide bonds. The molecule has 1 saturated carbocycles. The molecule has 3 rings (SSSR count). The van der Waals surface area contributed by atoms with Crippen LogP contribution in [0.15, 0.2) is 16.8 Å². The zero-order chi connectivity index (χ0) is 17.5.